The van der Waals surface area contributed by atoms with Gasteiger partial charge in [0.25, 0.3) is 5.91 Å². The molecule has 30 heavy (non-hydrogen) atoms. The Morgan fingerprint density at radius 3 is 2.67 bits per heavy atom. The number of hydrogen-bond acceptors (Lipinski definition) is 5. The van der Waals surface area contributed by atoms with Crippen molar-refractivity contribution in [3.63, 3.8) is 0 Å². The number of alkyl halides is 3. The van der Waals surface area contributed by atoms with Gasteiger partial charge in [-0.1, -0.05) is 6.07 Å². The summed E-state index contributed by atoms with van der Waals surface area (Å²) < 4.78 is 50.0. The van der Waals surface area contributed by atoms with Gasteiger partial charge in [0.15, 0.2) is 18.1 Å². The fourth-order valence-corrected chi connectivity index (χ4v) is 3.38. The standard InChI is InChI=1S/C20H22F3IN2O4/c1-29-17-9-13(11-25-6-3-7-27)8-16(24)19(17)30-12-18(28)26-15-5-2-4-14(10-15)20(21,22)23/h2,4-5,8-10,25,27H,3,6-7,11-12H2,1H3,(H,26,28). The van der Waals surface area contributed by atoms with E-state index in [2.05, 4.69) is 33.2 Å². The molecule has 3 N–H and O–H groups in total. The summed E-state index contributed by atoms with van der Waals surface area (Å²) in [5.41, 5.74) is 0.125. The van der Waals surface area contributed by atoms with E-state index in [1.807, 2.05) is 6.07 Å². The van der Waals surface area contributed by atoms with Crippen molar-refractivity contribution >= 4 is 34.2 Å². The average molecular weight is 538 g/mol. The molecule has 164 valence electrons. The summed E-state index contributed by atoms with van der Waals surface area (Å²) in [5, 5.41) is 14.4. The highest BCUT2D eigenvalue weighted by Gasteiger charge is 2.30. The summed E-state index contributed by atoms with van der Waals surface area (Å²) in [4.78, 5) is 12.1. The van der Waals surface area contributed by atoms with E-state index in [9.17, 15) is 18.0 Å². The molecular weight excluding hydrogens is 516 g/mol. The molecule has 0 aliphatic rings. The summed E-state index contributed by atoms with van der Waals surface area (Å²) in [5.74, 6) is 0.214. The Balaban J connectivity index is 2.00. The van der Waals surface area contributed by atoms with Crippen LogP contribution in [0.4, 0.5) is 18.9 Å². The highest BCUT2D eigenvalue weighted by Crippen LogP contribution is 2.34. The van der Waals surface area contributed by atoms with Crippen LogP contribution in [0.3, 0.4) is 0 Å². The van der Waals surface area contributed by atoms with Gasteiger partial charge in [0.1, 0.15) is 0 Å². The quantitative estimate of drug-likeness (QED) is 0.317. The smallest absolute Gasteiger partial charge is 0.416 e. The van der Waals surface area contributed by atoms with E-state index in [4.69, 9.17) is 14.6 Å². The molecule has 0 saturated carbocycles. The van der Waals surface area contributed by atoms with Crippen molar-refractivity contribution in [2.75, 3.05) is 32.2 Å². The molecule has 0 unspecified atom stereocenters. The highest BCUT2D eigenvalue weighted by atomic mass is 127. The lowest BCUT2D eigenvalue weighted by Crippen LogP contribution is -2.21. The van der Waals surface area contributed by atoms with E-state index in [1.54, 1.807) is 6.07 Å². The molecule has 2 aromatic rings. The van der Waals surface area contributed by atoms with Crippen molar-refractivity contribution in [3.05, 3.63) is 51.1 Å². The van der Waals surface area contributed by atoms with E-state index in [0.29, 0.717) is 31.0 Å². The number of carbonyl (C=O) groups is 1. The maximum absolute atomic E-state index is 12.8. The molecule has 0 bridgehead atoms. The lowest BCUT2D eigenvalue weighted by molar-refractivity contribution is -0.137. The number of halogens is 4. The van der Waals surface area contributed by atoms with Gasteiger partial charge in [0.05, 0.1) is 16.2 Å². The number of amides is 1. The topological polar surface area (TPSA) is 79.8 Å². The first-order chi connectivity index (χ1) is 14.2. The van der Waals surface area contributed by atoms with E-state index in [0.717, 1.165) is 21.3 Å². The first kappa shape index (κ1) is 24.2. The van der Waals surface area contributed by atoms with Crippen molar-refractivity contribution in [2.45, 2.75) is 19.1 Å². The summed E-state index contributed by atoms with van der Waals surface area (Å²) >= 11 is 2.06. The van der Waals surface area contributed by atoms with Crippen LogP contribution in [0.25, 0.3) is 0 Å². The molecule has 6 nitrogen and oxygen atoms in total. The Morgan fingerprint density at radius 1 is 1.23 bits per heavy atom. The van der Waals surface area contributed by atoms with Gasteiger partial charge in [-0.2, -0.15) is 13.2 Å². The van der Waals surface area contributed by atoms with Gasteiger partial charge in [-0.25, -0.2) is 0 Å². The molecule has 10 heteroatoms. The van der Waals surface area contributed by atoms with Crippen LogP contribution in [0.1, 0.15) is 17.5 Å². The van der Waals surface area contributed by atoms with Crippen LogP contribution < -0.4 is 20.1 Å². The zero-order valence-electron chi connectivity index (χ0n) is 16.2. The lowest BCUT2D eigenvalue weighted by atomic mass is 10.2. The minimum absolute atomic E-state index is 0.0318. The Hall–Kier alpha value is -2.05. The van der Waals surface area contributed by atoms with Crippen molar-refractivity contribution in [1.29, 1.82) is 0 Å². The molecule has 0 heterocycles. The lowest BCUT2D eigenvalue weighted by Gasteiger charge is -2.15. The molecule has 0 radical (unpaired) electrons. The summed E-state index contributed by atoms with van der Waals surface area (Å²) in [6.45, 7) is 0.964. The number of carbonyl (C=O) groups excluding carboxylic acids is 1. The van der Waals surface area contributed by atoms with Crippen molar-refractivity contribution in [2.24, 2.45) is 0 Å². The monoisotopic (exact) mass is 538 g/mol. The van der Waals surface area contributed by atoms with E-state index in [1.165, 1.54) is 19.2 Å². The molecule has 0 fully saturated rings. The van der Waals surface area contributed by atoms with Gasteiger partial charge >= 0.3 is 6.18 Å². The Morgan fingerprint density at radius 2 is 2.00 bits per heavy atom. The fourth-order valence-electron chi connectivity index (χ4n) is 2.56. The zero-order chi connectivity index (χ0) is 22.1. The predicted octanol–water partition coefficient (Wildman–Crippen LogP) is 3.81. The van der Waals surface area contributed by atoms with Gasteiger partial charge in [0, 0.05) is 18.8 Å². The molecule has 1 amide bonds. The van der Waals surface area contributed by atoms with Crippen LogP contribution in [0.5, 0.6) is 11.5 Å². The minimum atomic E-state index is -4.49. The van der Waals surface area contributed by atoms with Gasteiger partial charge in [0.2, 0.25) is 0 Å². The second-order valence-electron chi connectivity index (χ2n) is 6.28. The average Bonchev–Trinajstić information content (AvgIpc) is 2.69. The molecule has 0 spiro atoms. The van der Waals surface area contributed by atoms with E-state index >= 15 is 0 Å². The number of nitrogens with one attached hydrogen (secondary N) is 2. The third-order valence-corrected chi connectivity index (χ3v) is 4.75. The zero-order valence-corrected chi connectivity index (χ0v) is 18.3. The van der Waals surface area contributed by atoms with Gasteiger partial charge in [-0.05, 0) is 71.5 Å². The van der Waals surface area contributed by atoms with Crippen molar-refractivity contribution < 1.29 is 32.5 Å². The molecule has 2 aromatic carbocycles. The maximum Gasteiger partial charge on any atom is 0.416 e. The SMILES string of the molecule is COc1cc(CNCCCO)cc(I)c1OCC(=O)Nc1cccc(C(F)(F)F)c1. The number of rotatable bonds is 10. The largest absolute Gasteiger partial charge is 0.493 e. The van der Waals surface area contributed by atoms with Crippen LogP contribution in [0.15, 0.2) is 36.4 Å². The number of hydrogen-bond donors (Lipinski definition) is 3. The number of methoxy groups -OCH3 is 1. The normalized spacial score (nSPS) is 11.3. The number of ether oxygens (including phenoxy) is 2. The Kier molecular flexibility index (Phi) is 9.18. The fraction of sp³-hybridized carbons (Fsp3) is 0.350. The molecule has 0 aliphatic carbocycles. The highest BCUT2D eigenvalue weighted by molar-refractivity contribution is 14.1. The first-order valence-corrected chi connectivity index (χ1v) is 10.1. The molecule has 0 aliphatic heterocycles. The Bertz CT molecular complexity index is 862. The molecule has 0 aromatic heterocycles. The predicted molar refractivity (Wildman–Crippen MR) is 115 cm³/mol. The number of anilines is 1. The molecule has 0 saturated heterocycles. The van der Waals surface area contributed by atoms with Gasteiger partial charge in [-0.3, -0.25) is 4.79 Å². The summed E-state index contributed by atoms with van der Waals surface area (Å²) in [7, 11) is 1.48. The van der Waals surface area contributed by atoms with E-state index in [-0.39, 0.29) is 12.3 Å². The third kappa shape index (κ3) is 7.33. The second-order valence-corrected chi connectivity index (χ2v) is 7.44. The molecular formula is C20H22F3IN2O4. The van der Waals surface area contributed by atoms with Crippen LogP contribution in [0.2, 0.25) is 0 Å². The summed E-state index contributed by atoms with van der Waals surface area (Å²) in [6, 6.07) is 8.03. The first-order valence-electron chi connectivity index (χ1n) is 9.02. The Labute approximate surface area is 185 Å². The number of aliphatic hydroxyl groups is 1. The van der Waals surface area contributed by atoms with E-state index < -0.39 is 24.3 Å². The second kappa shape index (κ2) is 11.4. The maximum atomic E-state index is 12.8. The third-order valence-electron chi connectivity index (χ3n) is 3.95. The number of benzene rings is 2. The van der Waals surface area contributed by atoms with Crippen LogP contribution >= 0.6 is 22.6 Å². The van der Waals surface area contributed by atoms with Crippen LogP contribution in [-0.4, -0.2) is 37.9 Å². The van der Waals surface area contributed by atoms with Crippen molar-refractivity contribution in [1.82, 2.24) is 5.32 Å². The van der Waals surface area contributed by atoms with Crippen molar-refractivity contribution in [3.8, 4) is 11.5 Å². The number of aliphatic hydroxyl groups excluding tert-OH is 1. The molecule has 0 atom stereocenters. The van der Waals surface area contributed by atoms with Gasteiger partial charge < -0.3 is 25.2 Å². The minimum Gasteiger partial charge on any atom is -0.493 e. The van der Waals surface area contributed by atoms with Crippen LogP contribution in [0, 0.1) is 3.57 Å². The van der Waals surface area contributed by atoms with Gasteiger partial charge in [-0.15, -0.1) is 0 Å². The molecule has 2 rings (SSSR count). The summed E-state index contributed by atoms with van der Waals surface area (Å²) in [6.07, 6.45) is -3.84. The van der Waals surface area contributed by atoms with Crippen LogP contribution in [-0.2, 0) is 17.5 Å².